The van der Waals surface area contributed by atoms with E-state index in [-0.39, 0.29) is 13.2 Å². The Morgan fingerprint density at radius 2 is 0.393 bits per heavy atom. The van der Waals surface area contributed by atoms with Gasteiger partial charge in [-0.15, -0.1) is 0 Å². The third kappa shape index (κ3) is 9.24. The van der Waals surface area contributed by atoms with Crippen LogP contribution in [0.5, 0.6) is 23.0 Å². The van der Waals surface area contributed by atoms with Crippen molar-refractivity contribution in [2.75, 3.05) is 39.6 Å². The molecule has 0 aliphatic heterocycles. The third-order valence-corrected chi connectivity index (χ3v) is 18.8. The van der Waals surface area contributed by atoms with E-state index in [1.54, 1.807) is 0 Å². The van der Waals surface area contributed by atoms with E-state index >= 15 is 0 Å². The molecular weight excluding hydrogens is 1090 g/mol. The summed E-state index contributed by atoms with van der Waals surface area (Å²) in [6.45, 7) is 1.73. The number of benzene rings is 12. The molecule has 2 N–H and O–H groups in total. The van der Waals surface area contributed by atoms with E-state index in [1.807, 2.05) is 0 Å². The molecule has 6 heteroatoms. The molecule has 3 aliphatic rings. The summed E-state index contributed by atoms with van der Waals surface area (Å²) in [4.78, 5) is 0. The maximum atomic E-state index is 9.69. The van der Waals surface area contributed by atoms with E-state index in [4.69, 9.17) is 18.9 Å². The van der Waals surface area contributed by atoms with Gasteiger partial charge in [-0.05, 0) is 173 Å². The monoisotopic (exact) mass is 1160 g/mol. The first-order chi connectivity index (χ1) is 44.0. The third-order valence-electron chi connectivity index (χ3n) is 18.8. The van der Waals surface area contributed by atoms with E-state index < -0.39 is 16.2 Å². The Labute approximate surface area is 520 Å². The lowest BCUT2D eigenvalue weighted by molar-refractivity contribution is 0.217. The summed E-state index contributed by atoms with van der Waals surface area (Å²) < 4.78 is 25.6. The molecule has 12 aromatic carbocycles. The predicted molar refractivity (Wildman–Crippen MR) is 355 cm³/mol. The molecule has 0 saturated heterocycles. The van der Waals surface area contributed by atoms with Gasteiger partial charge in [0.2, 0.25) is 0 Å². The molecule has 0 amide bonds. The summed E-state index contributed by atoms with van der Waals surface area (Å²) in [5.74, 6) is 3.09. The van der Waals surface area contributed by atoms with Crippen molar-refractivity contribution in [1.82, 2.24) is 0 Å². The van der Waals surface area contributed by atoms with E-state index in [2.05, 4.69) is 291 Å². The number of fused-ring (bicyclic) bond motifs is 9. The Morgan fingerprint density at radius 3 is 0.584 bits per heavy atom. The second-order valence-electron chi connectivity index (χ2n) is 23.4. The molecule has 6 nitrogen and oxygen atoms in total. The maximum absolute atomic E-state index is 9.69. The van der Waals surface area contributed by atoms with Gasteiger partial charge in [-0.2, -0.15) is 0 Å². The van der Waals surface area contributed by atoms with Gasteiger partial charge in [-0.3, -0.25) is 0 Å². The smallest absolute Gasteiger partial charge is 0.122 e. The summed E-state index contributed by atoms with van der Waals surface area (Å²) in [7, 11) is 0. The summed E-state index contributed by atoms with van der Waals surface area (Å²) in [5, 5.41) is 19.4. The Kier molecular flexibility index (Phi) is 14.6. The van der Waals surface area contributed by atoms with Crippen molar-refractivity contribution in [2.45, 2.75) is 29.1 Å². The molecule has 89 heavy (non-hydrogen) atoms. The standard InChI is InChI=1S/C83H66O6/c84-51-49-57-25-29-59(30-26-57)81(75-19-7-1-13-69(75)70-14-2-8-20-76(70)81)61-33-41-65(42-34-61)86-53-55-88-67-45-37-63(38-46-67)83(79-23-11-5-17-73(79)74-18-6-12-24-80(74)83)64-39-47-68(48-40-64)89-56-54-87-66-43-35-62(36-44-66)82(60-31-27-58(28-32-60)50-52-85)77-21-9-3-15-71(77)72-16-4-10-22-78(72)82/h1-48,84-85H,49-56H2. The van der Waals surface area contributed by atoms with Gasteiger partial charge in [0.1, 0.15) is 49.4 Å². The number of aliphatic hydroxyl groups excluding tert-OH is 2. The maximum Gasteiger partial charge on any atom is 0.122 e. The molecule has 0 heterocycles. The van der Waals surface area contributed by atoms with Crippen LogP contribution in [0.1, 0.15) is 77.9 Å². The van der Waals surface area contributed by atoms with Crippen molar-refractivity contribution < 1.29 is 29.2 Å². The van der Waals surface area contributed by atoms with Crippen molar-refractivity contribution in [3.05, 3.63) is 369 Å². The van der Waals surface area contributed by atoms with Gasteiger partial charge in [0.25, 0.3) is 0 Å². The molecule has 15 rings (SSSR count). The van der Waals surface area contributed by atoms with Gasteiger partial charge < -0.3 is 29.2 Å². The number of rotatable bonds is 20. The molecule has 0 saturated carbocycles. The van der Waals surface area contributed by atoms with Crippen LogP contribution in [0.2, 0.25) is 0 Å². The molecule has 0 unspecified atom stereocenters. The summed E-state index contributed by atoms with van der Waals surface area (Å²) in [6, 6.07) is 104. The fourth-order valence-corrected chi connectivity index (χ4v) is 15.0. The zero-order chi connectivity index (χ0) is 59.8. The topological polar surface area (TPSA) is 77.4 Å². The van der Waals surface area contributed by atoms with Crippen LogP contribution in [0.25, 0.3) is 33.4 Å². The van der Waals surface area contributed by atoms with Crippen LogP contribution >= 0.6 is 0 Å². The summed E-state index contributed by atoms with van der Waals surface area (Å²) >= 11 is 0. The van der Waals surface area contributed by atoms with E-state index in [0.29, 0.717) is 39.3 Å². The predicted octanol–water partition coefficient (Wildman–Crippen LogP) is 16.8. The van der Waals surface area contributed by atoms with E-state index in [1.165, 1.54) is 77.9 Å². The van der Waals surface area contributed by atoms with Gasteiger partial charge in [0.15, 0.2) is 0 Å². The Balaban J connectivity index is 0.630. The zero-order valence-electron chi connectivity index (χ0n) is 49.4. The van der Waals surface area contributed by atoms with Crippen LogP contribution in [-0.4, -0.2) is 49.9 Å². The minimum Gasteiger partial charge on any atom is -0.490 e. The minimum atomic E-state index is -0.593. The molecule has 434 valence electrons. The molecule has 0 aromatic heterocycles. The SMILES string of the molecule is OCCc1ccc(C2(c3ccc(OCCOc4ccc(C5(c6ccc(OCCOc7ccc(C8(c9ccc(CCO)cc9)c9ccccc9-c9ccccc98)cc7)cc6)c6ccccc6-c6ccccc65)cc4)cc3)c3ccccc3-c3ccccc32)cc1. The van der Waals surface area contributed by atoms with Crippen molar-refractivity contribution in [1.29, 1.82) is 0 Å². The average molecular weight is 1160 g/mol. The van der Waals surface area contributed by atoms with Gasteiger partial charge in [-0.1, -0.05) is 243 Å². The number of hydrogen-bond acceptors (Lipinski definition) is 6. The lowest BCUT2D eigenvalue weighted by atomic mass is 9.67. The second-order valence-corrected chi connectivity index (χ2v) is 23.4. The second kappa shape index (κ2) is 23.5. The molecule has 3 aliphatic carbocycles. The van der Waals surface area contributed by atoms with Crippen molar-refractivity contribution in [3.63, 3.8) is 0 Å². The number of ether oxygens (including phenoxy) is 4. The molecular formula is C83H66O6. The molecule has 0 fully saturated rings. The van der Waals surface area contributed by atoms with Crippen LogP contribution in [-0.2, 0) is 29.1 Å². The van der Waals surface area contributed by atoms with Crippen molar-refractivity contribution in [2.24, 2.45) is 0 Å². The van der Waals surface area contributed by atoms with Crippen LogP contribution in [0, 0.1) is 0 Å². The number of aliphatic hydroxyl groups is 2. The lowest BCUT2D eigenvalue weighted by Crippen LogP contribution is -2.28. The van der Waals surface area contributed by atoms with Crippen LogP contribution in [0.3, 0.4) is 0 Å². The Hall–Kier alpha value is -10.2. The molecule has 0 atom stereocenters. The highest BCUT2D eigenvalue weighted by Gasteiger charge is 2.49. The average Bonchev–Trinajstić information content (AvgIpc) is 1.60. The highest BCUT2D eigenvalue weighted by molar-refractivity contribution is 5.89. The van der Waals surface area contributed by atoms with Gasteiger partial charge in [0.05, 0.1) is 16.2 Å². The first-order valence-corrected chi connectivity index (χ1v) is 31.0. The van der Waals surface area contributed by atoms with Gasteiger partial charge in [-0.25, -0.2) is 0 Å². The first-order valence-electron chi connectivity index (χ1n) is 31.0. The molecule has 0 spiro atoms. The highest BCUT2D eigenvalue weighted by atomic mass is 16.5. The quantitative estimate of drug-likeness (QED) is 0.0741. The van der Waals surface area contributed by atoms with Crippen LogP contribution in [0.4, 0.5) is 0 Å². The lowest BCUT2D eigenvalue weighted by Gasteiger charge is -2.34. The summed E-state index contributed by atoms with van der Waals surface area (Å²) in [6.07, 6.45) is 1.25. The van der Waals surface area contributed by atoms with Crippen LogP contribution in [0.15, 0.2) is 291 Å². The Morgan fingerprint density at radius 1 is 0.213 bits per heavy atom. The normalized spacial score (nSPS) is 13.9. The van der Waals surface area contributed by atoms with Crippen LogP contribution < -0.4 is 18.9 Å². The fraction of sp³-hybridized carbons (Fsp3) is 0.133. The molecule has 0 bridgehead atoms. The zero-order valence-corrected chi connectivity index (χ0v) is 49.4. The summed E-state index contributed by atoms with van der Waals surface area (Å²) in [5.41, 5.74) is 22.4. The van der Waals surface area contributed by atoms with E-state index in [9.17, 15) is 10.2 Å². The Bertz CT molecular complexity index is 4110. The first kappa shape index (κ1) is 55.3. The number of hydrogen-bond donors (Lipinski definition) is 2. The van der Waals surface area contributed by atoms with Gasteiger partial charge in [0, 0.05) is 13.2 Å². The highest BCUT2D eigenvalue weighted by Crippen LogP contribution is 2.59. The largest absolute Gasteiger partial charge is 0.490 e. The van der Waals surface area contributed by atoms with Crippen molar-refractivity contribution in [3.8, 4) is 56.4 Å². The molecule has 12 aromatic rings. The van der Waals surface area contributed by atoms with Crippen molar-refractivity contribution >= 4 is 0 Å². The van der Waals surface area contributed by atoms with E-state index in [0.717, 1.165) is 56.4 Å². The fourth-order valence-electron chi connectivity index (χ4n) is 15.0. The van der Waals surface area contributed by atoms with Gasteiger partial charge >= 0.3 is 0 Å². The molecule has 0 radical (unpaired) electrons. The minimum absolute atomic E-state index is 0.118.